The zero-order valence-corrected chi connectivity index (χ0v) is 13.2. The summed E-state index contributed by atoms with van der Waals surface area (Å²) in [5, 5.41) is 8.92. The average Bonchev–Trinajstić information content (AvgIpc) is 2.54. The van der Waals surface area contributed by atoms with Crippen LogP contribution in [0.15, 0.2) is 24.3 Å². The first-order valence-electron chi connectivity index (χ1n) is 7.49. The average molecular weight is 313 g/mol. The molecule has 0 bridgehead atoms. The molecule has 0 fully saturated rings. The van der Waals surface area contributed by atoms with Gasteiger partial charge in [-0.1, -0.05) is 12.1 Å². The number of hydrogen-bond acceptors (Lipinski definition) is 6. The Morgan fingerprint density at radius 3 is 2.14 bits per heavy atom. The summed E-state index contributed by atoms with van der Waals surface area (Å²) in [5.74, 6) is 0.793. The fourth-order valence-corrected chi connectivity index (χ4v) is 1.77. The first-order chi connectivity index (χ1) is 10.8. The minimum absolute atomic E-state index is 0.00915. The van der Waals surface area contributed by atoms with Gasteiger partial charge < -0.3 is 29.8 Å². The van der Waals surface area contributed by atoms with Crippen LogP contribution in [0.1, 0.15) is 5.56 Å². The zero-order chi connectivity index (χ0) is 16.0. The summed E-state index contributed by atoms with van der Waals surface area (Å²) in [5.41, 5.74) is 6.77. The monoisotopic (exact) mass is 313 g/mol. The molecule has 0 spiro atoms. The third-order valence-electron chi connectivity index (χ3n) is 2.96. The molecule has 1 aromatic rings. The lowest BCUT2D eigenvalue weighted by molar-refractivity contribution is 0.0180. The van der Waals surface area contributed by atoms with Gasteiger partial charge in [0.25, 0.3) is 0 Å². The van der Waals surface area contributed by atoms with Gasteiger partial charge in [0.05, 0.1) is 39.6 Å². The molecule has 0 aliphatic carbocycles. The number of ether oxygens (including phenoxy) is 4. The second kappa shape index (κ2) is 12.4. The number of hydrogen-bond donors (Lipinski definition) is 2. The molecule has 0 saturated heterocycles. The van der Waals surface area contributed by atoms with E-state index >= 15 is 0 Å². The number of aliphatic hydroxyl groups excluding tert-OH is 1. The molecular formula is C16H27NO5. The van der Waals surface area contributed by atoms with E-state index in [-0.39, 0.29) is 12.6 Å². The molecule has 0 amide bonds. The highest BCUT2D eigenvalue weighted by Gasteiger charge is 2.02. The van der Waals surface area contributed by atoms with Crippen LogP contribution in [0.25, 0.3) is 0 Å². The molecule has 6 nitrogen and oxygen atoms in total. The number of aliphatic hydroxyl groups is 1. The Hall–Kier alpha value is -1.18. The molecule has 0 aliphatic heterocycles. The summed E-state index contributed by atoms with van der Waals surface area (Å²) >= 11 is 0. The number of nitrogens with two attached hydrogens (primary N) is 1. The van der Waals surface area contributed by atoms with Crippen LogP contribution >= 0.6 is 0 Å². The molecule has 0 radical (unpaired) electrons. The minimum Gasteiger partial charge on any atom is -0.491 e. The van der Waals surface area contributed by atoms with Crippen LogP contribution in [0.4, 0.5) is 0 Å². The van der Waals surface area contributed by atoms with Gasteiger partial charge in [-0.15, -0.1) is 0 Å². The van der Waals surface area contributed by atoms with Gasteiger partial charge in [0, 0.05) is 13.2 Å². The van der Waals surface area contributed by atoms with Crippen LogP contribution in [0, 0.1) is 0 Å². The van der Waals surface area contributed by atoms with E-state index in [9.17, 15) is 0 Å². The van der Waals surface area contributed by atoms with Crippen molar-refractivity contribution in [1.29, 1.82) is 0 Å². The van der Waals surface area contributed by atoms with Crippen LogP contribution in [-0.4, -0.2) is 64.5 Å². The molecule has 0 aliphatic rings. The molecule has 0 saturated carbocycles. The third kappa shape index (κ3) is 8.96. The fraction of sp³-hybridized carbons (Fsp3) is 0.625. The van der Waals surface area contributed by atoms with Gasteiger partial charge in [-0.3, -0.25) is 0 Å². The van der Waals surface area contributed by atoms with Crippen molar-refractivity contribution in [2.24, 2.45) is 5.73 Å². The van der Waals surface area contributed by atoms with Crippen molar-refractivity contribution < 1.29 is 24.1 Å². The Bertz CT molecular complexity index is 371. The first-order valence-corrected chi connectivity index (χ1v) is 7.49. The number of rotatable bonds is 13. The van der Waals surface area contributed by atoms with Crippen molar-refractivity contribution in [1.82, 2.24) is 0 Å². The molecule has 1 unspecified atom stereocenters. The lowest BCUT2D eigenvalue weighted by atomic mass is 10.1. The first kappa shape index (κ1) is 18.9. The maximum absolute atomic E-state index is 8.92. The van der Waals surface area contributed by atoms with E-state index in [0.717, 1.165) is 11.3 Å². The van der Waals surface area contributed by atoms with Crippen LogP contribution in [0.3, 0.4) is 0 Å². The van der Waals surface area contributed by atoms with Gasteiger partial charge in [0.1, 0.15) is 12.4 Å². The standard InChI is InChI=1S/C16H27NO5/c1-19-6-7-20-8-9-21-10-11-22-16-4-2-14(3-5-16)12-15(17)13-18/h2-5,15,18H,6-13,17H2,1H3. The van der Waals surface area contributed by atoms with Gasteiger partial charge in [-0.25, -0.2) is 0 Å². The van der Waals surface area contributed by atoms with Crippen molar-refractivity contribution in [3.63, 3.8) is 0 Å². The summed E-state index contributed by atoms with van der Waals surface area (Å²) in [6.07, 6.45) is 0.656. The summed E-state index contributed by atoms with van der Waals surface area (Å²) in [4.78, 5) is 0. The Balaban J connectivity index is 2.05. The normalized spacial score (nSPS) is 12.3. The van der Waals surface area contributed by atoms with E-state index in [0.29, 0.717) is 46.1 Å². The van der Waals surface area contributed by atoms with Gasteiger partial charge in [0.2, 0.25) is 0 Å². The van der Waals surface area contributed by atoms with Crippen LogP contribution in [-0.2, 0) is 20.6 Å². The van der Waals surface area contributed by atoms with Crippen LogP contribution in [0.2, 0.25) is 0 Å². The summed E-state index contributed by atoms with van der Waals surface area (Å²) in [7, 11) is 1.64. The Kier molecular flexibility index (Phi) is 10.6. The quantitative estimate of drug-likeness (QED) is 0.519. The highest BCUT2D eigenvalue weighted by Crippen LogP contribution is 2.13. The third-order valence-corrected chi connectivity index (χ3v) is 2.96. The molecule has 126 valence electrons. The van der Waals surface area contributed by atoms with E-state index in [1.165, 1.54) is 0 Å². The van der Waals surface area contributed by atoms with Crippen molar-refractivity contribution in [2.45, 2.75) is 12.5 Å². The van der Waals surface area contributed by atoms with E-state index in [2.05, 4.69) is 0 Å². The Morgan fingerprint density at radius 2 is 1.55 bits per heavy atom. The predicted molar refractivity (Wildman–Crippen MR) is 84.2 cm³/mol. The zero-order valence-electron chi connectivity index (χ0n) is 13.2. The molecule has 6 heteroatoms. The SMILES string of the molecule is COCCOCCOCCOc1ccc(CC(N)CO)cc1. The smallest absolute Gasteiger partial charge is 0.119 e. The van der Waals surface area contributed by atoms with Gasteiger partial charge in [-0.2, -0.15) is 0 Å². The van der Waals surface area contributed by atoms with E-state index in [1.54, 1.807) is 7.11 Å². The molecule has 1 atom stereocenters. The predicted octanol–water partition coefficient (Wildman–Crippen LogP) is 0.607. The number of benzene rings is 1. The van der Waals surface area contributed by atoms with Gasteiger partial charge >= 0.3 is 0 Å². The maximum Gasteiger partial charge on any atom is 0.119 e. The minimum atomic E-state index is -0.216. The van der Waals surface area contributed by atoms with Crippen LogP contribution < -0.4 is 10.5 Å². The van der Waals surface area contributed by atoms with E-state index in [4.69, 9.17) is 29.8 Å². The Morgan fingerprint density at radius 1 is 0.955 bits per heavy atom. The summed E-state index contributed by atoms with van der Waals surface area (Å²) < 4.78 is 21.1. The topological polar surface area (TPSA) is 83.2 Å². The second-order valence-electron chi connectivity index (χ2n) is 4.86. The van der Waals surface area contributed by atoms with E-state index in [1.807, 2.05) is 24.3 Å². The Labute approximate surface area is 132 Å². The van der Waals surface area contributed by atoms with Crippen molar-refractivity contribution in [3.05, 3.63) is 29.8 Å². The van der Waals surface area contributed by atoms with Gasteiger partial charge in [0.15, 0.2) is 0 Å². The molecule has 0 aromatic heterocycles. The van der Waals surface area contributed by atoms with Crippen LogP contribution in [0.5, 0.6) is 5.75 Å². The highest BCUT2D eigenvalue weighted by molar-refractivity contribution is 5.27. The molecule has 0 heterocycles. The number of methoxy groups -OCH3 is 1. The second-order valence-corrected chi connectivity index (χ2v) is 4.86. The lowest BCUT2D eigenvalue weighted by Gasteiger charge is -2.10. The molecule has 1 aromatic carbocycles. The van der Waals surface area contributed by atoms with Crippen molar-refractivity contribution >= 4 is 0 Å². The molecule has 3 N–H and O–H groups in total. The van der Waals surface area contributed by atoms with Crippen molar-refractivity contribution in [2.75, 3.05) is 53.4 Å². The molecular weight excluding hydrogens is 286 g/mol. The molecule has 1 rings (SSSR count). The summed E-state index contributed by atoms with van der Waals surface area (Å²) in [6, 6.07) is 7.48. The largest absolute Gasteiger partial charge is 0.491 e. The van der Waals surface area contributed by atoms with Crippen molar-refractivity contribution in [3.8, 4) is 5.75 Å². The summed E-state index contributed by atoms with van der Waals surface area (Å²) in [6.45, 7) is 3.29. The lowest BCUT2D eigenvalue weighted by Crippen LogP contribution is -2.26. The maximum atomic E-state index is 8.92. The van der Waals surface area contributed by atoms with Gasteiger partial charge in [-0.05, 0) is 24.1 Å². The highest BCUT2D eigenvalue weighted by atomic mass is 16.6. The van der Waals surface area contributed by atoms with E-state index < -0.39 is 0 Å². The molecule has 22 heavy (non-hydrogen) atoms. The fourth-order valence-electron chi connectivity index (χ4n) is 1.77.